The maximum absolute atomic E-state index is 6.12. The van der Waals surface area contributed by atoms with Crippen LogP contribution in [0, 0.1) is 5.92 Å². The standard InChI is InChI=1S/C13H17Cl2N/c14-11-5-1-3-10(13(11)15)4-2-6-12(16)9-7-8-9/h1,3,5,9,12H,2,4,6-8,16H2. The summed E-state index contributed by atoms with van der Waals surface area (Å²) >= 11 is 12.1. The van der Waals surface area contributed by atoms with Crippen LogP contribution in [0.3, 0.4) is 0 Å². The summed E-state index contributed by atoms with van der Waals surface area (Å²) in [5, 5.41) is 1.34. The first-order valence-corrected chi connectivity index (χ1v) is 6.62. The first-order chi connectivity index (χ1) is 7.68. The molecule has 0 amide bonds. The summed E-state index contributed by atoms with van der Waals surface area (Å²) in [6.07, 6.45) is 5.79. The molecule has 1 atom stereocenters. The zero-order valence-corrected chi connectivity index (χ0v) is 10.8. The van der Waals surface area contributed by atoms with E-state index in [2.05, 4.69) is 0 Å². The second-order valence-corrected chi connectivity index (χ2v) is 5.39. The molecule has 3 heteroatoms. The van der Waals surface area contributed by atoms with Crippen molar-refractivity contribution in [2.45, 2.75) is 38.1 Å². The molecule has 1 unspecified atom stereocenters. The average Bonchev–Trinajstić information content (AvgIpc) is 3.07. The highest BCUT2D eigenvalue weighted by Gasteiger charge is 2.27. The molecule has 1 aliphatic rings. The molecule has 1 nitrogen and oxygen atoms in total. The summed E-state index contributed by atoms with van der Waals surface area (Å²) < 4.78 is 0. The summed E-state index contributed by atoms with van der Waals surface area (Å²) in [6.45, 7) is 0. The maximum Gasteiger partial charge on any atom is 0.0624 e. The van der Waals surface area contributed by atoms with E-state index in [-0.39, 0.29) is 0 Å². The number of halogens is 2. The van der Waals surface area contributed by atoms with Crippen molar-refractivity contribution in [2.75, 3.05) is 0 Å². The summed E-state index contributed by atoms with van der Waals surface area (Å²) in [5.41, 5.74) is 7.19. The Morgan fingerprint density at radius 2 is 2.06 bits per heavy atom. The van der Waals surface area contributed by atoms with Gasteiger partial charge in [-0.15, -0.1) is 0 Å². The van der Waals surface area contributed by atoms with Crippen LogP contribution in [0.1, 0.15) is 31.2 Å². The molecule has 2 rings (SSSR count). The molecule has 1 aromatic rings. The Bertz CT molecular complexity index is 361. The van der Waals surface area contributed by atoms with Crippen molar-refractivity contribution in [3.05, 3.63) is 33.8 Å². The van der Waals surface area contributed by atoms with E-state index in [0.29, 0.717) is 16.1 Å². The van der Waals surface area contributed by atoms with Crippen LogP contribution in [-0.4, -0.2) is 6.04 Å². The topological polar surface area (TPSA) is 26.0 Å². The van der Waals surface area contributed by atoms with Gasteiger partial charge in [-0.1, -0.05) is 35.3 Å². The number of benzene rings is 1. The molecule has 0 spiro atoms. The lowest BCUT2D eigenvalue weighted by Gasteiger charge is -2.10. The van der Waals surface area contributed by atoms with Crippen molar-refractivity contribution in [3.8, 4) is 0 Å². The number of hydrogen-bond acceptors (Lipinski definition) is 1. The highest BCUT2D eigenvalue weighted by Crippen LogP contribution is 2.33. The third-order valence-electron chi connectivity index (χ3n) is 3.24. The van der Waals surface area contributed by atoms with Gasteiger partial charge in [-0.25, -0.2) is 0 Å². The van der Waals surface area contributed by atoms with Crippen LogP contribution < -0.4 is 5.73 Å². The Balaban J connectivity index is 1.82. The molecular weight excluding hydrogens is 241 g/mol. The van der Waals surface area contributed by atoms with Crippen molar-refractivity contribution in [3.63, 3.8) is 0 Å². The first kappa shape index (κ1) is 12.2. The molecule has 0 heterocycles. The maximum atomic E-state index is 6.12. The molecule has 2 N–H and O–H groups in total. The minimum atomic E-state index is 0.387. The van der Waals surface area contributed by atoms with E-state index in [1.807, 2.05) is 18.2 Å². The molecule has 0 bridgehead atoms. The van der Waals surface area contributed by atoms with Gasteiger partial charge in [0, 0.05) is 6.04 Å². The van der Waals surface area contributed by atoms with E-state index in [0.717, 1.165) is 30.7 Å². The van der Waals surface area contributed by atoms with Crippen molar-refractivity contribution in [1.82, 2.24) is 0 Å². The number of hydrogen-bond donors (Lipinski definition) is 1. The SMILES string of the molecule is NC(CCCc1cccc(Cl)c1Cl)C1CC1. The predicted molar refractivity (Wildman–Crippen MR) is 70.1 cm³/mol. The number of aryl methyl sites for hydroxylation is 1. The van der Waals surface area contributed by atoms with Gasteiger partial charge in [0.1, 0.15) is 0 Å². The molecule has 1 aliphatic carbocycles. The quantitative estimate of drug-likeness (QED) is 0.847. The molecule has 16 heavy (non-hydrogen) atoms. The van der Waals surface area contributed by atoms with Crippen LogP contribution in [-0.2, 0) is 6.42 Å². The summed E-state index contributed by atoms with van der Waals surface area (Å²) in [5.74, 6) is 0.787. The van der Waals surface area contributed by atoms with Crippen LogP contribution >= 0.6 is 23.2 Å². The van der Waals surface area contributed by atoms with Crippen LogP contribution in [0.15, 0.2) is 18.2 Å². The van der Waals surface area contributed by atoms with E-state index in [1.165, 1.54) is 12.8 Å². The van der Waals surface area contributed by atoms with Gasteiger partial charge in [0.2, 0.25) is 0 Å². The fourth-order valence-corrected chi connectivity index (χ4v) is 2.44. The lowest BCUT2D eigenvalue weighted by Crippen LogP contribution is -2.22. The summed E-state index contributed by atoms with van der Waals surface area (Å²) in [6, 6.07) is 6.20. The van der Waals surface area contributed by atoms with Crippen LogP contribution in [0.25, 0.3) is 0 Å². The van der Waals surface area contributed by atoms with E-state index in [9.17, 15) is 0 Å². The number of nitrogens with two attached hydrogens (primary N) is 1. The minimum Gasteiger partial charge on any atom is -0.327 e. The Morgan fingerprint density at radius 1 is 1.31 bits per heavy atom. The second kappa shape index (κ2) is 5.39. The van der Waals surface area contributed by atoms with Gasteiger partial charge in [-0.2, -0.15) is 0 Å². The molecule has 88 valence electrons. The third kappa shape index (κ3) is 3.13. The van der Waals surface area contributed by atoms with Crippen molar-refractivity contribution in [2.24, 2.45) is 11.7 Å². The predicted octanol–water partition coefficient (Wildman–Crippen LogP) is 4.05. The highest BCUT2D eigenvalue weighted by atomic mass is 35.5. The van der Waals surface area contributed by atoms with E-state index in [4.69, 9.17) is 28.9 Å². The zero-order chi connectivity index (χ0) is 11.5. The molecule has 0 saturated heterocycles. The van der Waals surface area contributed by atoms with Gasteiger partial charge < -0.3 is 5.73 Å². The second-order valence-electron chi connectivity index (χ2n) is 4.61. The molecule has 0 aromatic heterocycles. The zero-order valence-electron chi connectivity index (χ0n) is 9.26. The minimum absolute atomic E-state index is 0.387. The Morgan fingerprint density at radius 3 is 2.75 bits per heavy atom. The van der Waals surface area contributed by atoms with Crippen molar-refractivity contribution in [1.29, 1.82) is 0 Å². The molecule has 1 fully saturated rings. The lowest BCUT2D eigenvalue weighted by atomic mass is 10.0. The van der Waals surface area contributed by atoms with E-state index < -0.39 is 0 Å². The van der Waals surface area contributed by atoms with Gasteiger partial charge in [0.15, 0.2) is 0 Å². The Labute approximate surface area is 107 Å². The van der Waals surface area contributed by atoms with Gasteiger partial charge in [-0.05, 0) is 49.7 Å². The van der Waals surface area contributed by atoms with Crippen molar-refractivity contribution >= 4 is 23.2 Å². The van der Waals surface area contributed by atoms with Crippen LogP contribution in [0.4, 0.5) is 0 Å². The summed E-state index contributed by atoms with van der Waals surface area (Å²) in [7, 11) is 0. The van der Waals surface area contributed by atoms with Gasteiger partial charge in [0.25, 0.3) is 0 Å². The lowest BCUT2D eigenvalue weighted by molar-refractivity contribution is 0.528. The smallest absolute Gasteiger partial charge is 0.0624 e. The average molecular weight is 258 g/mol. The van der Waals surface area contributed by atoms with Gasteiger partial charge in [0.05, 0.1) is 10.0 Å². The number of rotatable bonds is 5. The summed E-state index contributed by atoms with van der Waals surface area (Å²) in [4.78, 5) is 0. The van der Waals surface area contributed by atoms with Gasteiger partial charge >= 0.3 is 0 Å². The monoisotopic (exact) mass is 257 g/mol. The Hall–Kier alpha value is -0.240. The molecule has 1 aromatic carbocycles. The third-order valence-corrected chi connectivity index (χ3v) is 4.10. The Kier molecular flexibility index (Phi) is 4.12. The normalized spacial score (nSPS) is 17.4. The first-order valence-electron chi connectivity index (χ1n) is 5.87. The molecule has 0 radical (unpaired) electrons. The molecular formula is C13H17Cl2N. The van der Waals surface area contributed by atoms with Crippen molar-refractivity contribution < 1.29 is 0 Å². The van der Waals surface area contributed by atoms with Crippen LogP contribution in [0.2, 0.25) is 10.0 Å². The largest absolute Gasteiger partial charge is 0.327 e. The van der Waals surface area contributed by atoms with Gasteiger partial charge in [-0.3, -0.25) is 0 Å². The molecule has 1 saturated carbocycles. The molecule has 0 aliphatic heterocycles. The highest BCUT2D eigenvalue weighted by molar-refractivity contribution is 6.42. The van der Waals surface area contributed by atoms with E-state index >= 15 is 0 Å². The fourth-order valence-electron chi connectivity index (χ4n) is 2.03. The van der Waals surface area contributed by atoms with E-state index in [1.54, 1.807) is 0 Å². The fraction of sp³-hybridized carbons (Fsp3) is 0.538. The van der Waals surface area contributed by atoms with Crippen LogP contribution in [0.5, 0.6) is 0 Å².